The van der Waals surface area contributed by atoms with Gasteiger partial charge < -0.3 is 5.11 Å². The van der Waals surface area contributed by atoms with Crippen LogP contribution in [0.1, 0.15) is 26.7 Å². The van der Waals surface area contributed by atoms with Crippen LogP contribution in [0.5, 0.6) is 0 Å². The lowest BCUT2D eigenvalue weighted by atomic mass is 9.96. The van der Waals surface area contributed by atoms with E-state index < -0.39 is 5.97 Å². The second-order valence-corrected chi connectivity index (χ2v) is 4.73. The summed E-state index contributed by atoms with van der Waals surface area (Å²) in [4.78, 5) is 12.8. The molecule has 0 aromatic rings. The van der Waals surface area contributed by atoms with Crippen molar-refractivity contribution in [1.29, 1.82) is 0 Å². The molecular formula is C10H16ClNO2. The highest BCUT2D eigenvalue weighted by atomic mass is 35.5. The Morgan fingerprint density at radius 2 is 2.36 bits per heavy atom. The van der Waals surface area contributed by atoms with Crippen LogP contribution in [-0.2, 0) is 4.79 Å². The first-order chi connectivity index (χ1) is 6.42. The fraction of sp³-hybridized carbons (Fsp3) is 0.700. The molecule has 1 aliphatic rings. The average Bonchev–Trinajstić information content (AvgIpc) is 2.01. The predicted molar refractivity (Wildman–Crippen MR) is 56.5 cm³/mol. The van der Waals surface area contributed by atoms with Crippen molar-refractivity contribution in [3.8, 4) is 0 Å². The molecule has 1 rings (SSSR count). The molecule has 4 heteroatoms. The molecule has 0 saturated heterocycles. The fourth-order valence-corrected chi connectivity index (χ4v) is 1.95. The Labute approximate surface area is 89.3 Å². The molecule has 0 atom stereocenters. The van der Waals surface area contributed by atoms with Crippen LogP contribution in [0, 0.1) is 0 Å². The standard InChI is InChI=1S/C10H16ClNO2/c1-10(2,6-9(13)14)12-5-3-4-8(11)7-12/h4H,3,5-7H2,1-2H3,(H,13,14). The van der Waals surface area contributed by atoms with Crippen molar-refractivity contribution in [2.24, 2.45) is 0 Å². The number of hydrogen-bond donors (Lipinski definition) is 1. The van der Waals surface area contributed by atoms with Crippen molar-refractivity contribution in [2.45, 2.75) is 32.2 Å². The normalized spacial score (nSPS) is 19.2. The Balaban J connectivity index is 2.63. The van der Waals surface area contributed by atoms with Crippen LogP contribution >= 0.6 is 11.6 Å². The highest BCUT2D eigenvalue weighted by Gasteiger charge is 2.30. The van der Waals surface area contributed by atoms with E-state index in [4.69, 9.17) is 16.7 Å². The summed E-state index contributed by atoms with van der Waals surface area (Å²) >= 11 is 5.93. The molecule has 3 nitrogen and oxygen atoms in total. The van der Waals surface area contributed by atoms with E-state index in [2.05, 4.69) is 4.90 Å². The van der Waals surface area contributed by atoms with Crippen molar-refractivity contribution in [3.05, 3.63) is 11.1 Å². The topological polar surface area (TPSA) is 40.5 Å². The van der Waals surface area contributed by atoms with E-state index in [1.165, 1.54) is 0 Å². The van der Waals surface area contributed by atoms with E-state index in [1.54, 1.807) is 0 Å². The van der Waals surface area contributed by atoms with E-state index in [-0.39, 0.29) is 12.0 Å². The van der Waals surface area contributed by atoms with Gasteiger partial charge in [0.05, 0.1) is 6.42 Å². The Morgan fingerprint density at radius 1 is 1.71 bits per heavy atom. The number of nitrogens with zero attached hydrogens (tertiary/aromatic N) is 1. The van der Waals surface area contributed by atoms with Gasteiger partial charge in [-0.1, -0.05) is 17.7 Å². The van der Waals surface area contributed by atoms with Crippen molar-refractivity contribution in [3.63, 3.8) is 0 Å². The van der Waals surface area contributed by atoms with Gasteiger partial charge in [-0.2, -0.15) is 0 Å². The van der Waals surface area contributed by atoms with Crippen molar-refractivity contribution in [2.75, 3.05) is 13.1 Å². The first kappa shape index (κ1) is 11.5. The molecule has 1 heterocycles. The molecule has 0 amide bonds. The van der Waals surface area contributed by atoms with E-state index >= 15 is 0 Å². The zero-order valence-electron chi connectivity index (χ0n) is 8.59. The maximum atomic E-state index is 10.7. The summed E-state index contributed by atoms with van der Waals surface area (Å²) in [6, 6.07) is 0. The number of carboxylic acid groups (broad SMARTS) is 1. The minimum atomic E-state index is -0.763. The van der Waals surface area contributed by atoms with Crippen molar-refractivity contribution >= 4 is 17.6 Å². The first-order valence-corrected chi connectivity index (χ1v) is 5.11. The molecule has 0 unspecified atom stereocenters. The summed E-state index contributed by atoms with van der Waals surface area (Å²) in [5, 5.41) is 9.59. The van der Waals surface area contributed by atoms with Crippen LogP contribution in [0.4, 0.5) is 0 Å². The summed E-state index contributed by atoms with van der Waals surface area (Å²) < 4.78 is 0. The lowest BCUT2D eigenvalue weighted by molar-refractivity contribution is -0.139. The number of carbonyl (C=O) groups is 1. The third-order valence-corrected chi connectivity index (χ3v) is 2.82. The van der Waals surface area contributed by atoms with Gasteiger partial charge in [0.15, 0.2) is 0 Å². The van der Waals surface area contributed by atoms with Crippen LogP contribution in [-0.4, -0.2) is 34.6 Å². The summed E-state index contributed by atoms with van der Waals surface area (Å²) in [7, 11) is 0. The highest BCUT2D eigenvalue weighted by Crippen LogP contribution is 2.24. The quantitative estimate of drug-likeness (QED) is 0.787. The molecule has 80 valence electrons. The Hall–Kier alpha value is -0.540. The first-order valence-electron chi connectivity index (χ1n) is 4.73. The van der Waals surface area contributed by atoms with Gasteiger partial charge in [0.1, 0.15) is 0 Å². The van der Waals surface area contributed by atoms with Gasteiger partial charge in [0.25, 0.3) is 0 Å². The molecule has 0 bridgehead atoms. The maximum Gasteiger partial charge on any atom is 0.305 e. The Bertz CT molecular complexity index is 261. The van der Waals surface area contributed by atoms with Gasteiger partial charge in [0, 0.05) is 23.7 Å². The molecule has 0 aromatic heterocycles. The monoisotopic (exact) mass is 217 g/mol. The fourth-order valence-electron chi connectivity index (χ4n) is 1.70. The SMILES string of the molecule is CC(C)(CC(=O)O)N1CCC=C(Cl)C1. The zero-order valence-corrected chi connectivity index (χ0v) is 9.34. The molecule has 1 aliphatic heterocycles. The molecule has 0 radical (unpaired) electrons. The minimum Gasteiger partial charge on any atom is -0.481 e. The van der Waals surface area contributed by atoms with E-state index in [0.29, 0.717) is 6.54 Å². The Morgan fingerprint density at radius 3 is 2.86 bits per heavy atom. The number of halogens is 1. The van der Waals surface area contributed by atoms with Crippen LogP contribution < -0.4 is 0 Å². The predicted octanol–water partition coefficient (Wildman–Crippen LogP) is 2.07. The number of rotatable bonds is 3. The van der Waals surface area contributed by atoms with Crippen molar-refractivity contribution < 1.29 is 9.90 Å². The van der Waals surface area contributed by atoms with Crippen molar-refractivity contribution in [1.82, 2.24) is 4.90 Å². The summed E-state index contributed by atoms with van der Waals surface area (Å²) in [5.74, 6) is -0.763. The van der Waals surface area contributed by atoms with Crippen LogP contribution in [0.2, 0.25) is 0 Å². The molecule has 14 heavy (non-hydrogen) atoms. The smallest absolute Gasteiger partial charge is 0.305 e. The highest BCUT2D eigenvalue weighted by molar-refractivity contribution is 6.29. The maximum absolute atomic E-state index is 10.7. The van der Waals surface area contributed by atoms with Gasteiger partial charge in [-0.3, -0.25) is 9.69 Å². The summed E-state index contributed by atoms with van der Waals surface area (Å²) in [6.07, 6.45) is 3.05. The molecule has 0 aliphatic carbocycles. The lowest BCUT2D eigenvalue weighted by Gasteiger charge is -2.39. The van der Waals surface area contributed by atoms with E-state index in [9.17, 15) is 4.79 Å². The molecule has 0 aromatic carbocycles. The third-order valence-electron chi connectivity index (χ3n) is 2.55. The van der Waals surface area contributed by atoms with Gasteiger partial charge in [-0.15, -0.1) is 0 Å². The lowest BCUT2D eigenvalue weighted by Crippen LogP contribution is -2.47. The zero-order chi connectivity index (χ0) is 10.8. The van der Waals surface area contributed by atoms with Crippen LogP contribution in [0.25, 0.3) is 0 Å². The van der Waals surface area contributed by atoms with E-state index in [0.717, 1.165) is 18.0 Å². The largest absolute Gasteiger partial charge is 0.481 e. The third kappa shape index (κ3) is 3.00. The minimum absolute atomic E-state index is 0.150. The second-order valence-electron chi connectivity index (χ2n) is 4.24. The van der Waals surface area contributed by atoms with Gasteiger partial charge in [-0.25, -0.2) is 0 Å². The number of aliphatic carboxylic acids is 1. The molecule has 0 fully saturated rings. The average molecular weight is 218 g/mol. The molecule has 0 saturated carbocycles. The van der Waals surface area contributed by atoms with Gasteiger partial charge in [-0.05, 0) is 20.3 Å². The van der Waals surface area contributed by atoms with Crippen LogP contribution in [0.3, 0.4) is 0 Å². The summed E-state index contributed by atoms with van der Waals surface area (Å²) in [5.41, 5.74) is -0.319. The van der Waals surface area contributed by atoms with Gasteiger partial charge in [0.2, 0.25) is 0 Å². The number of carboxylic acids is 1. The Kier molecular flexibility index (Phi) is 3.56. The summed E-state index contributed by atoms with van der Waals surface area (Å²) in [6.45, 7) is 5.44. The second kappa shape index (κ2) is 4.32. The number of hydrogen-bond acceptors (Lipinski definition) is 2. The molecule has 1 N–H and O–H groups in total. The molecule has 0 spiro atoms. The van der Waals surface area contributed by atoms with Crippen LogP contribution in [0.15, 0.2) is 11.1 Å². The van der Waals surface area contributed by atoms with Gasteiger partial charge >= 0.3 is 5.97 Å². The molecular weight excluding hydrogens is 202 g/mol. The van der Waals surface area contributed by atoms with E-state index in [1.807, 2.05) is 19.9 Å².